The van der Waals surface area contributed by atoms with Crippen molar-refractivity contribution >= 4 is 28.3 Å². The number of sulfonamides is 1. The van der Waals surface area contributed by atoms with Crippen LogP contribution in [0.2, 0.25) is 0 Å². The average molecular weight is 422 g/mol. The number of methoxy groups -OCH3 is 1. The SMILES string of the molecule is CCN(CC)S(=O)(=O)c1ccc(OC)c(C(=O)NCC(N)(CC)CC)c1.Cl. The molecule has 0 saturated carbocycles. The molecule has 0 bridgehead atoms. The summed E-state index contributed by atoms with van der Waals surface area (Å²) in [5.41, 5.74) is 5.90. The molecule has 1 amide bonds. The first-order chi connectivity index (χ1) is 12.2. The Labute approximate surface area is 169 Å². The molecular formula is C18H32ClN3O4S. The number of halogens is 1. The zero-order valence-electron chi connectivity index (χ0n) is 16.7. The molecule has 1 rings (SSSR count). The van der Waals surface area contributed by atoms with Gasteiger partial charge in [0.05, 0.1) is 17.6 Å². The first-order valence-corrected chi connectivity index (χ1v) is 10.4. The number of rotatable bonds is 10. The fourth-order valence-electron chi connectivity index (χ4n) is 2.59. The van der Waals surface area contributed by atoms with Crippen molar-refractivity contribution in [3.8, 4) is 5.75 Å². The van der Waals surface area contributed by atoms with Crippen molar-refractivity contribution in [1.29, 1.82) is 0 Å². The number of nitrogens with two attached hydrogens (primary N) is 1. The summed E-state index contributed by atoms with van der Waals surface area (Å²) >= 11 is 0. The van der Waals surface area contributed by atoms with Crippen LogP contribution in [0.25, 0.3) is 0 Å². The molecule has 0 saturated heterocycles. The van der Waals surface area contributed by atoms with Gasteiger partial charge in [0, 0.05) is 25.2 Å². The first kappa shape index (κ1) is 25.6. The minimum absolute atomic E-state index is 0. The van der Waals surface area contributed by atoms with Crippen LogP contribution in [-0.2, 0) is 10.0 Å². The van der Waals surface area contributed by atoms with Gasteiger partial charge >= 0.3 is 0 Å². The maximum Gasteiger partial charge on any atom is 0.255 e. The van der Waals surface area contributed by atoms with Gasteiger partial charge in [-0.3, -0.25) is 4.79 Å². The predicted molar refractivity (Wildman–Crippen MR) is 110 cm³/mol. The van der Waals surface area contributed by atoms with Gasteiger partial charge in [-0.1, -0.05) is 27.7 Å². The van der Waals surface area contributed by atoms with Crippen LogP contribution in [0.5, 0.6) is 5.75 Å². The van der Waals surface area contributed by atoms with Gasteiger partial charge in [0.1, 0.15) is 5.75 Å². The van der Waals surface area contributed by atoms with Crippen molar-refractivity contribution in [2.24, 2.45) is 5.73 Å². The maximum atomic E-state index is 12.7. The van der Waals surface area contributed by atoms with Crippen LogP contribution in [0.1, 0.15) is 50.9 Å². The van der Waals surface area contributed by atoms with E-state index in [-0.39, 0.29) is 22.9 Å². The molecule has 0 fully saturated rings. The summed E-state index contributed by atoms with van der Waals surface area (Å²) in [7, 11) is -2.22. The zero-order valence-corrected chi connectivity index (χ0v) is 18.4. The van der Waals surface area contributed by atoms with Gasteiger partial charge in [0.25, 0.3) is 5.91 Å². The Balaban J connectivity index is 0.00000676. The minimum Gasteiger partial charge on any atom is -0.496 e. The van der Waals surface area contributed by atoms with E-state index in [9.17, 15) is 13.2 Å². The van der Waals surface area contributed by atoms with Gasteiger partial charge < -0.3 is 15.8 Å². The normalized spacial score (nSPS) is 11.8. The van der Waals surface area contributed by atoms with Gasteiger partial charge in [0.15, 0.2) is 0 Å². The van der Waals surface area contributed by atoms with Crippen molar-refractivity contribution in [2.45, 2.75) is 51.0 Å². The monoisotopic (exact) mass is 421 g/mol. The second kappa shape index (κ2) is 10.8. The molecule has 0 aliphatic rings. The number of nitrogens with one attached hydrogen (secondary N) is 1. The number of hydrogen-bond donors (Lipinski definition) is 2. The number of nitrogens with zero attached hydrogens (tertiary/aromatic N) is 1. The fourth-order valence-corrected chi connectivity index (χ4v) is 4.07. The van der Waals surface area contributed by atoms with E-state index in [1.54, 1.807) is 13.8 Å². The molecule has 0 aliphatic carbocycles. The first-order valence-electron chi connectivity index (χ1n) is 8.94. The molecule has 0 atom stereocenters. The highest BCUT2D eigenvalue weighted by Gasteiger charge is 2.26. The van der Waals surface area contributed by atoms with Crippen molar-refractivity contribution in [3.05, 3.63) is 23.8 Å². The predicted octanol–water partition coefficient (Wildman–Crippen LogP) is 2.39. The Hall–Kier alpha value is -1.35. The van der Waals surface area contributed by atoms with Crippen LogP contribution >= 0.6 is 12.4 Å². The Morgan fingerprint density at radius 1 is 1.19 bits per heavy atom. The Bertz CT molecular complexity index is 717. The van der Waals surface area contributed by atoms with E-state index in [2.05, 4.69) is 5.32 Å². The Morgan fingerprint density at radius 2 is 1.74 bits per heavy atom. The van der Waals surface area contributed by atoms with Crippen LogP contribution in [0.4, 0.5) is 0 Å². The Kier molecular flexibility index (Phi) is 10.3. The van der Waals surface area contributed by atoms with Crippen LogP contribution in [0.15, 0.2) is 23.1 Å². The highest BCUT2D eigenvalue weighted by atomic mass is 35.5. The quantitative estimate of drug-likeness (QED) is 0.603. The van der Waals surface area contributed by atoms with Crippen molar-refractivity contribution in [2.75, 3.05) is 26.7 Å². The molecule has 0 aromatic heterocycles. The summed E-state index contributed by atoms with van der Waals surface area (Å²) < 4.78 is 32.0. The van der Waals surface area contributed by atoms with Crippen molar-refractivity contribution < 1.29 is 17.9 Å². The lowest BCUT2D eigenvalue weighted by molar-refractivity contribution is 0.0939. The summed E-state index contributed by atoms with van der Waals surface area (Å²) in [6.45, 7) is 8.49. The molecule has 3 N–H and O–H groups in total. The van der Waals surface area contributed by atoms with Crippen LogP contribution in [0, 0.1) is 0 Å². The van der Waals surface area contributed by atoms with Crippen molar-refractivity contribution in [3.63, 3.8) is 0 Å². The van der Waals surface area contributed by atoms with E-state index in [1.165, 1.54) is 29.6 Å². The molecule has 0 radical (unpaired) electrons. The molecule has 7 nitrogen and oxygen atoms in total. The summed E-state index contributed by atoms with van der Waals surface area (Å²) in [5.74, 6) is -0.0909. The summed E-state index contributed by atoms with van der Waals surface area (Å²) in [5, 5.41) is 2.80. The number of ether oxygens (including phenoxy) is 1. The third-order valence-electron chi connectivity index (χ3n) is 4.77. The van der Waals surface area contributed by atoms with Gasteiger partial charge in [-0.25, -0.2) is 8.42 Å². The maximum absolute atomic E-state index is 12.7. The highest BCUT2D eigenvalue weighted by molar-refractivity contribution is 7.89. The number of carbonyl (C=O) groups excluding carboxylic acids is 1. The number of amides is 1. The van der Waals surface area contributed by atoms with E-state index < -0.39 is 21.5 Å². The lowest BCUT2D eigenvalue weighted by atomic mass is 9.94. The van der Waals surface area contributed by atoms with E-state index in [0.29, 0.717) is 25.4 Å². The van der Waals surface area contributed by atoms with Gasteiger partial charge in [-0.2, -0.15) is 4.31 Å². The number of carbonyl (C=O) groups is 1. The topological polar surface area (TPSA) is 102 Å². The standard InChI is InChI=1S/C18H31N3O4S.ClH/c1-6-18(19,7-2)13-20-17(22)15-12-14(10-11-16(15)25-5)26(23,24)21(8-3)9-4;/h10-12H,6-9,13,19H2,1-5H3,(H,20,22);1H. The number of hydrogen-bond acceptors (Lipinski definition) is 5. The highest BCUT2D eigenvalue weighted by Crippen LogP contribution is 2.25. The molecule has 0 spiro atoms. The largest absolute Gasteiger partial charge is 0.496 e. The average Bonchev–Trinajstić information content (AvgIpc) is 2.65. The second-order valence-corrected chi connectivity index (χ2v) is 8.14. The zero-order chi connectivity index (χ0) is 20.0. The molecule has 0 aliphatic heterocycles. The van der Waals surface area contributed by atoms with Gasteiger partial charge in [-0.15, -0.1) is 12.4 Å². The van der Waals surface area contributed by atoms with Crippen LogP contribution in [0.3, 0.4) is 0 Å². The summed E-state index contributed by atoms with van der Waals surface area (Å²) in [4.78, 5) is 12.7. The van der Waals surface area contributed by atoms with E-state index in [1.807, 2.05) is 13.8 Å². The van der Waals surface area contributed by atoms with E-state index >= 15 is 0 Å². The second-order valence-electron chi connectivity index (χ2n) is 6.20. The lowest BCUT2D eigenvalue weighted by Gasteiger charge is -2.27. The lowest BCUT2D eigenvalue weighted by Crippen LogP contribution is -2.49. The Morgan fingerprint density at radius 3 is 2.19 bits per heavy atom. The molecular weight excluding hydrogens is 390 g/mol. The molecule has 1 aromatic rings. The third kappa shape index (κ3) is 6.07. The molecule has 1 aromatic carbocycles. The molecule has 9 heteroatoms. The van der Waals surface area contributed by atoms with E-state index in [4.69, 9.17) is 10.5 Å². The van der Waals surface area contributed by atoms with Crippen molar-refractivity contribution in [1.82, 2.24) is 9.62 Å². The van der Waals surface area contributed by atoms with Crippen LogP contribution in [-0.4, -0.2) is 50.9 Å². The summed E-state index contributed by atoms with van der Waals surface area (Å²) in [6.07, 6.45) is 1.44. The van der Waals surface area contributed by atoms with Crippen LogP contribution < -0.4 is 15.8 Å². The molecule has 156 valence electrons. The molecule has 0 heterocycles. The fraction of sp³-hybridized carbons (Fsp3) is 0.611. The molecule has 27 heavy (non-hydrogen) atoms. The smallest absolute Gasteiger partial charge is 0.255 e. The third-order valence-corrected chi connectivity index (χ3v) is 6.81. The number of benzene rings is 1. The molecule has 0 unspecified atom stereocenters. The van der Waals surface area contributed by atoms with Gasteiger partial charge in [-0.05, 0) is 31.0 Å². The minimum atomic E-state index is -3.66. The summed E-state index contributed by atoms with van der Waals surface area (Å²) in [6, 6.07) is 4.31. The van der Waals surface area contributed by atoms with Gasteiger partial charge in [0.2, 0.25) is 10.0 Å². The van der Waals surface area contributed by atoms with E-state index in [0.717, 1.165) is 12.8 Å².